The molecule has 1 aromatic carbocycles. The summed E-state index contributed by atoms with van der Waals surface area (Å²) in [7, 11) is 0. The summed E-state index contributed by atoms with van der Waals surface area (Å²) in [5, 5.41) is 3.94. The average Bonchev–Trinajstić information content (AvgIpc) is 2.88. The van der Waals surface area contributed by atoms with Crippen molar-refractivity contribution in [2.24, 2.45) is 0 Å². The van der Waals surface area contributed by atoms with Gasteiger partial charge < -0.3 is 4.52 Å². The van der Waals surface area contributed by atoms with E-state index in [0.29, 0.717) is 23.1 Å². The van der Waals surface area contributed by atoms with Crippen molar-refractivity contribution in [3.8, 4) is 11.4 Å². The van der Waals surface area contributed by atoms with Crippen LogP contribution in [-0.4, -0.2) is 20.8 Å². The highest BCUT2D eigenvalue weighted by atomic mass is 16.5. The lowest BCUT2D eigenvalue weighted by atomic mass is 10.2. The van der Waals surface area contributed by atoms with Crippen LogP contribution in [0.25, 0.3) is 17.2 Å². The van der Waals surface area contributed by atoms with Crippen LogP contribution < -0.4 is 0 Å². The maximum Gasteiger partial charge on any atom is 0.333 e. The van der Waals surface area contributed by atoms with Crippen LogP contribution in [0.15, 0.2) is 34.9 Å². The second kappa shape index (κ2) is 3.55. The number of benzene rings is 1. The molecule has 3 rings (SSSR count). The second-order valence-electron chi connectivity index (χ2n) is 3.69. The van der Waals surface area contributed by atoms with E-state index in [0.717, 1.165) is 11.8 Å². The normalized spacial score (nSPS) is 10.9. The standard InChI is InChI=1S/C12H9N3O2/c1-8-10(7-16)15-11(14-17-12(15)13-8)9-5-3-2-4-6-9/h2-7H,1H3. The van der Waals surface area contributed by atoms with Crippen molar-refractivity contribution >= 4 is 12.1 Å². The van der Waals surface area contributed by atoms with Crippen LogP contribution in [0, 0.1) is 6.92 Å². The molecule has 0 aliphatic rings. The fraction of sp³-hybridized carbons (Fsp3) is 0.0833. The zero-order chi connectivity index (χ0) is 11.8. The summed E-state index contributed by atoms with van der Waals surface area (Å²) >= 11 is 0. The van der Waals surface area contributed by atoms with Gasteiger partial charge >= 0.3 is 5.84 Å². The number of hydrogen-bond acceptors (Lipinski definition) is 4. The monoisotopic (exact) mass is 227 g/mol. The molecule has 0 bridgehead atoms. The molecule has 0 radical (unpaired) electrons. The molecular weight excluding hydrogens is 218 g/mol. The van der Waals surface area contributed by atoms with Crippen LogP contribution in [-0.2, 0) is 0 Å². The van der Waals surface area contributed by atoms with Crippen molar-refractivity contribution in [2.75, 3.05) is 0 Å². The van der Waals surface area contributed by atoms with Crippen LogP contribution in [0.4, 0.5) is 0 Å². The van der Waals surface area contributed by atoms with Crippen LogP contribution in [0.2, 0.25) is 0 Å². The highest BCUT2D eigenvalue weighted by molar-refractivity contribution is 5.77. The number of carbonyl (C=O) groups is 1. The van der Waals surface area contributed by atoms with Gasteiger partial charge in [0.1, 0.15) is 5.69 Å². The first kappa shape index (κ1) is 9.77. The molecule has 2 heterocycles. The minimum Gasteiger partial charge on any atom is -0.314 e. The Balaban J connectivity index is 2.34. The highest BCUT2D eigenvalue weighted by Gasteiger charge is 2.17. The third-order valence-corrected chi connectivity index (χ3v) is 2.64. The summed E-state index contributed by atoms with van der Waals surface area (Å²) in [6.45, 7) is 1.76. The van der Waals surface area contributed by atoms with Crippen molar-refractivity contribution in [2.45, 2.75) is 6.92 Å². The first-order valence-corrected chi connectivity index (χ1v) is 5.16. The van der Waals surface area contributed by atoms with Crippen molar-refractivity contribution in [1.29, 1.82) is 0 Å². The molecule has 0 spiro atoms. The smallest absolute Gasteiger partial charge is 0.314 e. The van der Waals surface area contributed by atoms with Crippen molar-refractivity contribution in [1.82, 2.24) is 14.5 Å². The number of aromatic nitrogens is 3. The van der Waals surface area contributed by atoms with Gasteiger partial charge in [-0.3, -0.25) is 4.79 Å². The summed E-state index contributed by atoms with van der Waals surface area (Å²) in [5.41, 5.74) is 1.99. The number of rotatable bonds is 2. The number of fused-ring (bicyclic) bond motifs is 1. The molecule has 0 fully saturated rings. The predicted octanol–water partition coefficient (Wildman–Crippen LogP) is 2.11. The second-order valence-corrected chi connectivity index (χ2v) is 3.69. The van der Waals surface area contributed by atoms with E-state index in [1.54, 1.807) is 11.3 Å². The van der Waals surface area contributed by atoms with Gasteiger partial charge in [0.15, 0.2) is 12.1 Å². The molecule has 2 aromatic heterocycles. The van der Waals surface area contributed by atoms with Crippen LogP contribution in [0.5, 0.6) is 0 Å². The molecule has 5 heteroatoms. The van der Waals surface area contributed by atoms with Crippen molar-refractivity contribution in [3.63, 3.8) is 0 Å². The number of nitrogens with zero attached hydrogens (tertiary/aromatic N) is 3. The van der Waals surface area contributed by atoms with E-state index in [4.69, 9.17) is 4.52 Å². The molecule has 5 nitrogen and oxygen atoms in total. The lowest BCUT2D eigenvalue weighted by Gasteiger charge is -1.96. The number of aldehydes is 1. The molecule has 0 saturated carbocycles. The van der Waals surface area contributed by atoms with Gasteiger partial charge in [0.05, 0.1) is 5.69 Å². The Bertz CT molecular complexity index is 682. The molecule has 0 atom stereocenters. The molecule has 17 heavy (non-hydrogen) atoms. The van der Waals surface area contributed by atoms with E-state index in [-0.39, 0.29) is 0 Å². The van der Waals surface area contributed by atoms with Gasteiger partial charge in [-0.05, 0) is 6.92 Å². The van der Waals surface area contributed by atoms with E-state index in [1.165, 1.54) is 0 Å². The van der Waals surface area contributed by atoms with Gasteiger partial charge in [-0.15, -0.1) is 0 Å². The summed E-state index contributed by atoms with van der Waals surface area (Å²) in [4.78, 5) is 15.2. The minimum absolute atomic E-state index is 0.337. The minimum atomic E-state index is 0.337. The Hall–Kier alpha value is -2.43. The Labute approximate surface area is 96.7 Å². The van der Waals surface area contributed by atoms with Crippen LogP contribution in [0.1, 0.15) is 16.2 Å². The fourth-order valence-corrected chi connectivity index (χ4v) is 1.81. The van der Waals surface area contributed by atoms with Crippen LogP contribution >= 0.6 is 0 Å². The molecule has 84 valence electrons. The van der Waals surface area contributed by atoms with Gasteiger partial charge in [-0.1, -0.05) is 35.5 Å². The third kappa shape index (κ3) is 1.36. The highest BCUT2D eigenvalue weighted by Crippen LogP contribution is 2.21. The van der Waals surface area contributed by atoms with E-state index in [2.05, 4.69) is 10.1 Å². The largest absolute Gasteiger partial charge is 0.333 e. The zero-order valence-corrected chi connectivity index (χ0v) is 9.12. The lowest BCUT2D eigenvalue weighted by molar-refractivity contribution is 0.111. The Kier molecular flexibility index (Phi) is 2.04. The topological polar surface area (TPSA) is 60.4 Å². The first-order valence-electron chi connectivity index (χ1n) is 5.16. The maximum absolute atomic E-state index is 11.1. The summed E-state index contributed by atoms with van der Waals surface area (Å²) in [5.74, 6) is 0.923. The average molecular weight is 227 g/mol. The Morgan fingerprint density at radius 2 is 2.06 bits per heavy atom. The quantitative estimate of drug-likeness (QED) is 0.629. The molecular formula is C12H9N3O2. The number of hydrogen-bond donors (Lipinski definition) is 0. The molecule has 3 aromatic rings. The first-order chi connectivity index (χ1) is 8.31. The lowest BCUT2D eigenvalue weighted by Crippen LogP contribution is -1.94. The number of imidazole rings is 1. The molecule has 0 unspecified atom stereocenters. The Morgan fingerprint density at radius 3 is 2.76 bits per heavy atom. The zero-order valence-electron chi connectivity index (χ0n) is 9.12. The number of aryl methyl sites for hydroxylation is 1. The van der Waals surface area contributed by atoms with Gasteiger partial charge in [-0.2, -0.15) is 4.98 Å². The maximum atomic E-state index is 11.1. The predicted molar refractivity (Wildman–Crippen MR) is 60.8 cm³/mol. The Morgan fingerprint density at radius 1 is 1.29 bits per heavy atom. The van der Waals surface area contributed by atoms with E-state index < -0.39 is 0 Å². The molecule has 0 amide bonds. The summed E-state index contributed by atoms with van der Waals surface area (Å²) in [6.07, 6.45) is 0.763. The molecule has 0 aliphatic carbocycles. The van der Waals surface area contributed by atoms with E-state index >= 15 is 0 Å². The van der Waals surface area contributed by atoms with Gasteiger partial charge in [0.2, 0.25) is 0 Å². The van der Waals surface area contributed by atoms with E-state index in [9.17, 15) is 4.79 Å². The third-order valence-electron chi connectivity index (χ3n) is 2.64. The van der Waals surface area contributed by atoms with Gasteiger partial charge in [-0.25, -0.2) is 4.40 Å². The summed E-state index contributed by atoms with van der Waals surface area (Å²) < 4.78 is 6.73. The molecule has 0 N–H and O–H groups in total. The van der Waals surface area contributed by atoms with Gasteiger partial charge in [0.25, 0.3) is 0 Å². The number of carbonyl (C=O) groups excluding carboxylic acids is 1. The van der Waals surface area contributed by atoms with Crippen LogP contribution in [0.3, 0.4) is 0 Å². The van der Waals surface area contributed by atoms with Crippen molar-refractivity contribution in [3.05, 3.63) is 41.7 Å². The summed E-state index contributed by atoms with van der Waals surface area (Å²) in [6, 6.07) is 9.53. The molecule has 0 saturated heterocycles. The van der Waals surface area contributed by atoms with E-state index in [1.807, 2.05) is 30.3 Å². The molecule has 0 aliphatic heterocycles. The fourth-order valence-electron chi connectivity index (χ4n) is 1.81. The van der Waals surface area contributed by atoms with Gasteiger partial charge in [0, 0.05) is 5.56 Å². The SMILES string of the molecule is Cc1nc2onc(-c3ccccc3)n2c1C=O. The van der Waals surface area contributed by atoms with Crippen molar-refractivity contribution < 1.29 is 9.32 Å².